The third kappa shape index (κ3) is 20.3. The van der Waals surface area contributed by atoms with E-state index in [9.17, 15) is 47.9 Å². The first-order valence-electron chi connectivity index (χ1n) is 14.0. The zero-order valence-electron chi connectivity index (χ0n) is 25.8. The van der Waals surface area contributed by atoms with Crippen LogP contribution in [0, 0.1) is 0 Å². The summed E-state index contributed by atoms with van der Waals surface area (Å²) in [6.07, 6.45) is -1.46. The van der Waals surface area contributed by atoms with Crippen LogP contribution in [0.4, 0.5) is 0 Å². The summed E-state index contributed by atoms with van der Waals surface area (Å²) in [5.41, 5.74) is 5.21. The van der Waals surface area contributed by atoms with Gasteiger partial charge in [0.2, 0.25) is 29.5 Å². The van der Waals surface area contributed by atoms with Gasteiger partial charge in [0.1, 0.15) is 32.0 Å². The van der Waals surface area contributed by atoms with E-state index in [-0.39, 0.29) is 52.0 Å². The molecule has 0 radical (unpaired) electrons. The quantitative estimate of drug-likeness (QED) is 0.0799. The van der Waals surface area contributed by atoms with E-state index in [1.807, 2.05) is 0 Å². The lowest BCUT2D eigenvalue weighted by molar-refractivity contribution is -0.148. The van der Waals surface area contributed by atoms with Crippen molar-refractivity contribution in [2.45, 2.75) is 52.9 Å². The van der Waals surface area contributed by atoms with Gasteiger partial charge in [0.25, 0.3) is 0 Å². The van der Waals surface area contributed by atoms with E-state index in [1.54, 1.807) is 6.92 Å². The molecule has 0 spiro atoms. The smallest absolute Gasteiger partial charge is 0.325 e. The minimum atomic E-state index is -0.841. The number of carbonyl (C=O) groups excluding carboxylic acids is 10. The van der Waals surface area contributed by atoms with Crippen molar-refractivity contribution in [3.63, 3.8) is 0 Å². The standard InChI is InChI=1S/C27H42N6O12.CH4/c1-4-29-21(37)8-5-19(35)12-30-22(38)15-33(17-27(43)45-3)25(41)10-7-20(36)13-31-23(39)14-32(16-26(42)44-2)24(40)9-6-18(34)11-28;/h4-17,28H2,1-3H3,(H,29,37)(H,30,38)(H,31,39);1H4. The third-order valence-corrected chi connectivity index (χ3v) is 5.90. The van der Waals surface area contributed by atoms with Crippen LogP contribution in [0.5, 0.6) is 0 Å². The van der Waals surface area contributed by atoms with Crippen LogP contribution < -0.4 is 21.7 Å². The van der Waals surface area contributed by atoms with Crippen LogP contribution in [0.25, 0.3) is 0 Å². The number of ether oxygens (including phenoxy) is 2. The van der Waals surface area contributed by atoms with Gasteiger partial charge in [-0.05, 0) is 6.92 Å². The van der Waals surface area contributed by atoms with Gasteiger partial charge in [-0.2, -0.15) is 0 Å². The Labute approximate surface area is 267 Å². The van der Waals surface area contributed by atoms with E-state index >= 15 is 0 Å². The molecule has 0 heterocycles. The lowest BCUT2D eigenvalue weighted by Crippen LogP contribution is -2.45. The summed E-state index contributed by atoms with van der Waals surface area (Å²) in [7, 11) is 2.16. The van der Waals surface area contributed by atoms with Gasteiger partial charge in [-0.15, -0.1) is 0 Å². The van der Waals surface area contributed by atoms with Gasteiger partial charge in [-0.25, -0.2) is 0 Å². The molecule has 5 N–H and O–H groups in total. The molecular weight excluding hydrogens is 612 g/mol. The lowest BCUT2D eigenvalue weighted by atomic mass is 10.2. The molecule has 0 saturated carbocycles. The van der Waals surface area contributed by atoms with Gasteiger partial charge in [0.15, 0.2) is 11.6 Å². The van der Waals surface area contributed by atoms with Crippen molar-refractivity contribution in [2.24, 2.45) is 5.73 Å². The van der Waals surface area contributed by atoms with E-state index in [2.05, 4.69) is 25.4 Å². The van der Waals surface area contributed by atoms with E-state index < -0.39 is 98.6 Å². The molecule has 46 heavy (non-hydrogen) atoms. The number of amides is 5. The van der Waals surface area contributed by atoms with Crippen molar-refractivity contribution in [1.29, 1.82) is 0 Å². The van der Waals surface area contributed by atoms with Gasteiger partial charge in [0.05, 0.1) is 33.9 Å². The molecule has 0 aliphatic rings. The maximum absolute atomic E-state index is 12.7. The van der Waals surface area contributed by atoms with Gasteiger partial charge < -0.3 is 41.0 Å². The topological polar surface area (TPSA) is 258 Å². The summed E-state index contributed by atoms with van der Waals surface area (Å²) in [6, 6.07) is 0. The molecule has 0 aromatic carbocycles. The van der Waals surface area contributed by atoms with Crippen LogP contribution >= 0.6 is 0 Å². The minimum Gasteiger partial charge on any atom is -0.468 e. The van der Waals surface area contributed by atoms with Crippen LogP contribution in [0.2, 0.25) is 0 Å². The maximum Gasteiger partial charge on any atom is 0.325 e. The predicted octanol–water partition coefficient (Wildman–Crippen LogP) is -3.00. The molecule has 5 amide bonds. The average molecular weight is 659 g/mol. The monoisotopic (exact) mass is 658 g/mol. The fourth-order valence-electron chi connectivity index (χ4n) is 3.38. The summed E-state index contributed by atoms with van der Waals surface area (Å²) in [5, 5.41) is 7.12. The van der Waals surface area contributed by atoms with Crippen molar-refractivity contribution < 1.29 is 57.4 Å². The summed E-state index contributed by atoms with van der Waals surface area (Å²) in [5.74, 6) is -6.41. The molecule has 0 fully saturated rings. The number of methoxy groups -OCH3 is 2. The highest BCUT2D eigenvalue weighted by Crippen LogP contribution is 2.02. The largest absolute Gasteiger partial charge is 0.468 e. The van der Waals surface area contributed by atoms with E-state index in [0.717, 1.165) is 24.0 Å². The molecule has 0 rings (SSSR count). The van der Waals surface area contributed by atoms with Crippen LogP contribution in [0.1, 0.15) is 52.9 Å². The highest BCUT2D eigenvalue weighted by atomic mass is 16.5. The van der Waals surface area contributed by atoms with E-state index in [1.165, 1.54) is 0 Å². The molecule has 18 nitrogen and oxygen atoms in total. The normalized spacial score (nSPS) is 9.91. The number of ketones is 3. The Kier molecular flexibility index (Phi) is 23.2. The highest BCUT2D eigenvalue weighted by Gasteiger charge is 2.23. The Hall–Kier alpha value is -4.74. The molecule has 0 saturated heterocycles. The first-order chi connectivity index (χ1) is 21.3. The van der Waals surface area contributed by atoms with Crippen molar-refractivity contribution in [3.05, 3.63) is 0 Å². The number of nitrogens with one attached hydrogen (secondary N) is 3. The fourth-order valence-corrected chi connectivity index (χ4v) is 3.38. The van der Waals surface area contributed by atoms with Crippen molar-refractivity contribution in [1.82, 2.24) is 25.8 Å². The van der Waals surface area contributed by atoms with Crippen LogP contribution in [0.3, 0.4) is 0 Å². The average Bonchev–Trinajstić information content (AvgIpc) is 3.01. The Balaban J connectivity index is 0. The Bertz CT molecular complexity index is 1110. The molecule has 0 atom stereocenters. The van der Waals surface area contributed by atoms with Crippen LogP contribution in [-0.4, -0.2) is 135 Å². The molecule has 0 bridgehead atoms. The number of esters is 2. The number of hydrogen-bond acceptors (Lipinski definition) is 13. The summed E-state index contributed by atoms with van der Waals surface area (Å²) < 4.78 is 9.05. The Morgan fingerprint density at radius 1 is 0.543 bits per heavy atom. The molecule has 0 unspecified atom stereocenters. The maximum atomic E-state index is 12.7. The minimum absolute atomic E-state index is 0. The summed E-state index contributed by atoms with van der Waals surface area (Å²) in [6.45, 7) is -1.49. The second kappa shape index (κ2) is 24.6. The van der Waals surface area contributed by atoms with Crippen molar-refractivity contribution >= 4 is 58.8 Å². The molecule has 0 aliphatic heterocycles. The number of nitrogens with zero attached hydrogens (tertiary/aromatic N) is 2. The zero-order valence-corrected chi connectivity index (χ0v) is 25.8. The van der Waals surface area contributed by atoms with Crippen LogP contribution in [0.15, 0.2) is 0 Å². The van der Waals surface area contributed by atoms with E-state index in [0.29, 0.717) is 6.54 Å². The SMILES string of the molecule is C.CCNC(=O)CCC(=O)CNC(=O)CN(CC(=O)OC)C(=O)CCC(=O)CNC(=O)CN(CC(=O)OC)C(=O)CCC(=O)CN. The summed E-state index contributed by atoms with van der Waals surface area (Å²) >= 11 is 0. The second-order valence-corrected chi connectivity index (χ2v) is 9.48. The third-order valence-electron chi connectivity index (χ3n) is 5.90. The Morgan fingerprint density at radius 3 is 1.30 bits per heavy atom. The van der Waals surface area contributed by atoms with Crippen molar-refractivity contribution in [2.75, 3.05) is 66.6 Å². The molecular formula is C28H46N6O12. The van der Waals surface area contributed by atoms with Crippen molar-refractivity contribution in [3.8, 4) is 0 Å². The molecule has 0 aromatic rings. The highest BCUT2D eigenvalue weighted by molar-refractivity contribution is 5.94. The van der Waals surface area contributed by atoms with Gasteiger partial charge in [0, 0.05) is 45.1 Å². The number of carbonyl (C=O) groups is 10. The zero-order chi connectivity index (χ0) is 34.4. The number of hydrogen-bond donors (Lipinski definition) is 4. The first kappa shape index (κ1) is 43.4. The van der Waals surface area contributed by atoms with Gasteiger partial charge >= 0.3 is 11.9 Å². The molecule has 0 aromatic heterocycles. The number of nitrogens with two attached hydrogens (primary N) is 1. The second-order valence-electron chi connectivity index (χ2n) is 9.48. The van der Waals surface area contributed by atoms with Crippen LogP contribution in [-0.2, 0) is 57.4 Å². The lowest BCUT2D eigenvalue weighted by Gasteiger charge is -2.21. The Morgan fingerprint density at radius 2 is 0.935 bits per heavy atom. The molecule has 18 heteroatoms. The van der Waals surface area contributed by atoms with E-state index in [4.69, 9.17) is 5.73 Å². The number of rotatable bonds is 23. The number of Topliss-reactive ketones (excluding diaryl/α,β-unsaturated/α-hetero) is 3. The molecule has 260 valence electrons. The summed E-state index contributed by atoms with van der Waals surface area (Å²) in [4.78, 5) is 122. The fraction of sp³-hybridized carbons (Fsp3) is 0.643. The molecule has 0 aliphatic carbocycles. The van der Waals surface area contributed by atoms with Gasteiger partial charge in [-0.1, -0.05) is 7.43 Å². The predicted molar refractivity (Wildman–Crippen MR) is 160 cm³/mol. The van der Waals surface area contributed by atoms with Gasteiger partial charge in [-0.3, -0.25) is 47.9 Å². The first-order valence-corrected chi connectivity index (χ1v) is 14.0.